The molecule has 2 aromatic rings. The fraction of sp³-hybridized carbons (Fsp3) is 0.538. The molecule has 2 heterocycles. The van der Waals surface area contributed by atoms with E-state index in [4.69, 9.17) is 0 Å². The van der Waals surface area contributed by atoms with E-state index >= 15 is 0 Å². The van der Waals surface area contributed by atoms with Crippen LogP contribution in [0.1, 0.15) is 38.8 Å². The summed E-state index contributed by atoms with van der Waals surface area (Å²) in [5.41, 5.74) is 1.17. The third kappa shape index (κ3) is 2.40. The van der Waals surface area contributed by atoms with Crippen molar-refractivity contribution in [2.75, 3.05) is 0 Å². The van der Waals surface area contributed by atoms with Crippen molar-refractivity contribution in [2.24, 2.45) is 5.92 Å². The summed E-state index contributed by atoms with van der Waals surface area (Å²) < 4.78 is 1.99. The fourth-order valence-corrected chi connectivity index (χ4v) is 2.13. The number of nitrogens with zero attached hydrogens (tertiary/aromatic N) is 3. The van der Waals surface area contributed by atoms with E-state index in [-0.39, 0.29) is 0 Å². The van der Waals surface area contributed by atoms with E-state index < -0.39 is 0 Å². The number of fused-ring (bicyclic) bond motifs is 1. The van der Waals surface area contributed by atoms with Crippen LogP contribution in [0.2, 0.25) is 0 Å². The van der Waals surface area contributed by atoms with Crippen molar-refractivity contribution in [1.29, 1.82) is 0 Å². The first kappa shape index (κ1) is 11.1. The van der Waals surface area contributed by atoms with Gasteiger partial charge in [-0.1, -0.05) is 33.1 Å². The van der Waals surface area contributed by atoms with E-state index in [1.807, 2.05) is 16.7 Å². The lowest BCUT2D eigenvalue weighted by Gasteiger charge is -2.10. The Morgan fingerprint density at radius 1 is 1.38 bits per heavy atom. The molecule has 0 bridgehead atoms. The molecule has 0 aliphatic rings. The second-order valence-corrected chi connectivity index (χ2v) is 4.33. The molecule has 1 atom stereocenters. The first-order valence-corrected chi connectivity index (χ1v) is 6.12. The van der Waals surface area contributed by atoms with E-state index in [0.29, 0.717) is 0 Å². The first-order valence-electron chi connectivity index (χ1n) is 6.12. The summed E-state index contributed by atoms with van der Waals surface area (Å²) in [7, 11) is 0. The van der Waals surface area contributed by atoms with E-state index in [0.717, 1.165) is 18.1 Å². The van der Waals surface area contributed by atoms with Gasteiger partial charge in [0.15, 0.2) is 0 Å². The van der Waals surface area contributed by atoms with Crippen LogP contribution in [0, 0.1) is 5.92 Å². The third-order valence-corrected chi connectivity index (χ3v) is 3.06. The summed E-state index contributed by atoms with van der Waals surface area (Å²) >= 11 is 0. The van der Waals surface area contributed by atoms with Crippen molar-refractivity contribution in [3.63, 3.8) is 0 Å². The molecule has 2 aromatic heterocycles. The second kappa shape index (κ2) is 5.10. The molecule has 0 aliphatic heterocycles. The first-order chi connectivity index (χ1) is 7.83. The number of aromatic nitrogens is 3. The number of hydrogen-bond donors (Lipinski definition) is 0. The molecular formula is C13H19N3. The molecule has 0 spiro atoms. The molecule has 0 saturated heterocycles. The summed E-state index contributed by atoms with van der Waals surface area (Å²) in [6, 6.07) is 1.93. The number of imidazole rings is 1. The second-order valence-electron chi connectivity index (χ2n) is 4.33. The molecule has 0 amide bonds. The Morgan fingerprint density at radius 2 is 2.25 bits per heavy atom. The summed E-state index contributed by atoms with van der Waals surface area (Å²) in [4.78, 5) is 8.77. The minimum atomic E-state index is 0.759. The van der Waals surface area contributed by atoms with Gasteiger partial charge in [-0.05, 0) is 18.4 Å². The van der Waals surface area contributed by atoms with Crippen LogP contribution in [0.4, 0.5) is 0 Å². The summed E-state index contributed by atoms with van der Waals surface area (Å²) in [5.74, 6) is 1.57. The Hall–Kier alpha value is -1.38. The molecule has 2 rings (SSSR count). The zero-order valence-corrected chi connectivity index (χ0v) is 10.1. The third-order valence-electron chi connectivity index (χ3n) is 3.06. The lowest BCUT2D eigenvalue weighted by molar-refractivity contribution is 0.458. The van der Waals surface area contributed by atoms with Gasteiger partial charge in [-0.25, -0.2) is 9.97 Å². The number of rotatable bonds is 5. The van der Waals surface area contributed by atoms with Crippen LogP contribution >= 0.6 is 0 Å². The van der Waals surface area contributed by atoms with Gasteiger partial charge in [0.1, 0.15) is 0 Å². The predicted octanol–water partition coefficient (Wildman–Crippen LogP) is 3.10. The molecule has 0 aromatic carbocycles. The lowest BCUT2D eigenvalue weighted by Crippen LogP contribution is -2.03. The average Bonchev–Trinajstić information content (AvgIpc) is 2.70. The fourth-order valence-electron chi connectivity index (χ4n) is 2.13. The average molecular weight is 217 g/mol. The van der Waals surface area contributed by atoms with Crippen molar-refractivity contribution in [3.8, 4) is 0 Å². The monoisotopic (exact) mass is 217 g/mol. The maximum atomic E-state index is 4.53. The SMILES string of the molecule is CCCC(CC)Cc1cn2cccnc2n1. The van der Waals surface area contributed by atoms with Crippen molar-refractivity contribution >= 4 is 5.78 Å². The number of hydrogen-bond acceptors (Lipinski definition) is 2. The van der Waals surface area contributed by atoms with Crippen molar-refractivity contribution in [1.82, 2.24) is 14.4 Å². The molecule has 0 saturated carbocycles. The Kier molecular flexibility index (Phi) is 3.54. The lowest BCUT2D eigenvalue weighted by atomic mass is 9.96. The van der Waals surface area contributed by atoms with Crippen molar-refractivity contribution in [2.45, 2.75) is 39.5 Å². The zero-order chi connectivity index (χ0) is 11.4. The highest BCUT2D eigenvalue weighted by Crippen LogP contribution is 2.16. The molecular weight excluding hydrogens is 198 g/mol. The smallest absolute Gasteiger partial charge is 0.233 e. The van der Waals surface area contributed by atoms with Gasteiger partial charge in [-0.15, -0.1) is 0 Å². The Labute approximate surface area is 96.5 Å². The van der Waals surface area contributed by atoms with Gasteiger partial charge in [-0.3, -0.25) is 4.40 Å². The van der Waals surface area contributed by atoms with Crippen LogP contribution in [0.15, 0.2) is 24.7 Å². The summed E-state index contributed by atoms with van der Waals surface area (Å²) in [6.45, 7) is 4.50. The summed E-state index contributed by atoms with van der Waals surface area (Å²) in [5, 5.41) is 0. The minimum Gasteiger partial charge on any atom is -0.291 e. The normalized spacial score (nSPS) is 13.1. The molecule has 0 radical (unpaired) electrons. The quantitative estimate of drug-likeness (QED) is 0.770. The highest BCUT2D eigenvalue weighted by molar-refractivity contribution is 5.29. The molecule has 1 unspecified atom stereocenters. The van der Waals surface area contributed by atoms with Crippen molar-refractivity contribution < 1.29 is 0 Å². The standard InChI is InChI=1S/C13H19N3/c1-3-6-11(4-2)9-12-10-16-8-5-7-14-13(16)15-12/h5,7-8,10-11H,3-4,6,9H2,1-2H3. The van der Waals surface area contributed by atoms with Gasteiger partial charge in [0.2, 0.25) is 5.78 Å². The van der Waals surface area contributed by atoms with Crippen molar-refractivity contribution in [3.05, 3.63) is 30.4 Å². The maximum Gasteiger partial charge on any atom is 0.233 e. The Bertz CT molecular complexity index is 414. The van der Waals surface area contributed by atoms with Crippen LogP contribution in [0.25, 0.3) is 5.78 Å². The molecule has 86 valence electrons. The molecule has 3 heteroatoms. The molecule has 0 fully saturated rings. The van der Waals surface area contributed by atoms with Gasteiger partial charge in [0, 0.05) is 18.6 Å². The largest absolute Gasteiger partial charge is 0.291 e. The maximum absolute atomic E-state index is 4.53. The molecule has 16 heavy (non-hydrogen) atoms. The van der Waals surface area contributed by atoms with Crippen LogP contribution in [-0.2, 0) is 6.42 Å². The highest BCUT2D eigenvalue weighted by Gasteiger charge is 2.09. The van der Waals surface area contributed by atoms with Gasteiger partial charge in [0.05, 0.1) is 5.69 Å². The topological polar surface area (TPSA) is 30.2 Å². The van der Waals surface area contributed by atoms with Crippen LogP contribution < -0.4 is 0 Å². The van der Waals surface area contributed by atoms with E-state index in [2.05, 4.69) is 30.0 Å². The van der Waals surface area contributed by atoms with E-state index in [9.17, 15) is 0 Å². The van der Waals surface area contributed by atoms with Crippen LogP contribution in [-0.4, -0.2) is 14.4 Å². The zero-order valence-electron chi connectivity index (χ0n) is 10.1. The van der Waals surface area contributed by atoms with E-state index in [1.54, 1.807) is 6.20 Å². The minimum absolute atomic E-state index is 0.759. The van der Waals surface area contributed by atoms with Gasteiger partial charge >= 0.3 is 0 Å². The Morgan fingerprint density at radius 3 is 2.94 bits per heavy atom. The van der Waals surface area contributed by atoms with Gasteiger partial charge < -0.3 is 0 Å². The van der Waals surface area contributed by atoms with E-state index in [1.165, 1.54) is 25.0 Å². The summed E-state index contributed by atoms with van der Waals surface area (Å²) in [6.07, 6.45) is 10.7. The van der Waals surface area contributed by atoms with Crippen LogP contribution in [0.3, 0.4) is 0 Å². The molecule has 0 aliphatic carbocycles. The molecule has 3 nitrogen and oxygen atoms in total. The van der Waals surface area contributed by atoms with Gasteiger partial charge in [-0.2, -0.15) is 0 Å². The van der Waals surface area contributed by atoms with Gasteiger partial charge in [0.25, 0.3) is 0 Å². The van der Waals surface area contributed by atoms with Crippen LogP contribution in [0.5, 0.6) is 0 Å². The molecule has 0 N–H and O–H groups in total. The highest BCUT2D eigenvalue weighted by atomic mass is 15.1. The Balaban J connectivity index is 2.14. The predicted molar refractivity (Wildman–Crippen MR) is 65.4 cm³/mol.